The molecule has 0 bridgehead atoms. The van der Waals surface area contributed by atoms with Crippen molar-refractivity contribution in [2.75, 3.05) is 24.0 Å². The second kappa shape index (κ2) is 8.42. The van der Waals surface area contributed by atoms with Gasteiger partial charge >= 0.3 is 0 Å². The molecule has 1 aromatic carbocycles. The summed E-state index contributed by atoms with van der Waals surface area (Å²) in [4.78, 5) is 12.1. The van der Waals surface area contributed by atoms with Crippen molar-refractivity contribution in [1.29, 1.82) is 0 Å². The summed E-state index contributed by atoms with van der Waals surface area (Å²) in [5.41, 5.74) is 0.637. The molecule has 8 heteroatoms. The molecule has 0 saturated carbocycles. The Morgan fingerprint density at radius 1 is 1.39 bits per heavy atom. The topological polar surface area (TPSA) is 95.1 Å². The minimum atomic E-state index is -0.155. The molecule has 0 spiro atoms. The summed E-state index contributed by atoms with van der Waals surface area (Å²) in [5, 5.41) is 11.4. The second-order valence-corrected chi connectivity index (χ2v) is 5.85. The number of carbonyl (C=O) groups excluding carboxylic acids is 1. The van der Waals surface area contributed by atoms with Crippen molar-refractivity contribution in [3.8, 4) is 5.75 Å². The molecule has 0 aliphatic carbocycles. The number of anilines is 1. The Labute approximate surface area is 139 Å². The molecule has 0 aliphatic rings. The standard InChI is InChI=1S/C15H21N5O2S/c1-3-4-9-13-18-19-15(20(13)16)23-10-14(21)17-11-7-5-6-8-12(11)22-2/h5-8H,3-4,9-10,16H2,1-2H3,(H,17,21). The van der Waals surface area contributed by atoms with Gasteiger partial charge < -0.3 is 15.9 Å². The van der Waals surface area contributed by atoms with Gasteiger partial charge in [-0.2, -0.15) is 0 Å². The SMILES string of the molecule is CCCCc1nnc(SCC(=O)Nc2ccccc2OC)n1N. The quantitative estimate of drug-likeness (QED) is 0.566. The predicted octanol–water partition coefficient (Wildman–Crippen LogP) is 2.07. The van der Waals surface area contributed by atoms with E-state index in [4.69, 9.17) is 10.6 Å². The van der Waals surface area contributed by atoms with Gasteiger partial charge in [-0.05, 0) is 18.6 Å². The summed E-state index contributed by atoms with van der Waals surface area (Å²) >= 11 is 1.25. The van der Waals surface area contributed by atoms with Crippen molar-refractivity contribution in [3.05, 3.63) is 30.1 Å². The number of benzene rings is 1. The van der Waals surface area contributed by atoms with E-state index >= 15 is 0 Å². The highest BCUT2D eigenvalue weighted by molar-refractivity contribution is 7.99. The van der Waals surface area contributed by atoms with Crippen LogP contribution in [0.1, 0.15) is 25.6 Å². The lowest BCUT2D eigenvalue weighted by Crippen LogP contribution is -2.17. The molecule has 0 aliphatic heterocycles. The average Bonchev–Trinajstić information content (AvgIpc) is 2.91. The third kappa shape index (κ3) is 4.62. The van der Waals surface area contributed by atoms with Crippen LogP contribution in [0, 0.1) is 0 Å². The van der Waals surface area contributed by atoms with E-state index in [1.807, 2.05) is 12.1 Å². The number of nitrogens with two attached hydrogens (primary N) is 1. The van der Waals surface area contributed by atoms with E-state index in [9.17, 15) is 4.79 Å². The summed E-state index contributed by atoms with van der Waals surface area (Å²) in [6.45, 7) is 2.11. The van der Waals surface area contributed by atoms with Gasteiger partial charge in [0, 0.05) is 6.42 Å². The Morgan fingerprint density at radius 3 is 2.91 bits per heavy atom. The van der Waals surface area contributed by atoms with Gasteiger partial charge in [0.1, 0.15) is 5.75 Å². The average molecular weight is 335 g/mol. The van der Waals surface area contributed by atoms with E-state index in [1.54, 1.807) is 19.2 Å². The van der Waals surface area contributed by atoms with Crippen LogP contribution in [0.3, 0.4) is 0 Å². The molecule has 0 fully saturated rings. The van der Waals surface area contributed by atoms with Crippen molar-refractivity contribution in [2.24, 2.45) is 0 Å². The van der Waals surface area contributed by atoms with Crippen LogP contribution >= 0.6 is 11.8 Å². The van der Waals surface area contributed by atoms with Crippen LogP contribution in [0.4, 0.5) is 5.69 Å². The van der Waals surface area contributed by atoms with Crippen LogP contribution in [0.2, 0.25) is 0 Å². The first-order chi connectivity index (χ1) is 11.2. The zero-order valence-electron chi connectivity index (χ0n) is 13.3. The lowest BCUT2D eigenvalue weighted by Gasteiger charge is -2.09. The van der Waals surface area contributed by atoms with Crippen LogP contribution in [0.15, 0.2) is 29.4 Å². The van der Waals surface area contributed by atoms with E-state index in [2.05, 4.69) is 22.4 Å². The first-order valence-corrected chi connectivity index (χ1v) is 8.39. The fourth-order valence-corrected chi connectivity index (χ4v) is 2.65. The summed E-state index contributed by atoms with van der Waals surface area (Å²) in [5.74, 6) is 7.34. The number of aryl methyl sites for hydroxylation is 1. The van der Waals surface area contributed by atoms with E-state index in [0.29, 0.717) is 16.6 Å². The number of rotatable bonds is 8. The minimum absolute atomic E-state index is 0.155. The summed E-state index contributed by atoms with van der Waals surface area (Å²) in [6.07, 6.45) is 2.86. The minimum Gasteiger partial charge on any atom is -0.495 e. The molecule has 1 amide bonds. The third-order valence-electron chi connectivity index (χ3n) is 3.20. The number of thioether (sulfide) groups is 1. The molecule has 1 heterocycles. The van der Waals surface area contributed by atoms with E-state index < -0.39 is 0 Å². The number of amides is 1. The number of methoxy groups -OCH3 is 1. The number of para-hydroxylation sites is 2. The van der Waals surface area contributed by atoms with Gasteiger partial charge in [-0.1, -0.05) is 37.2 Å². The van der Waals surface area contributed by atoms with Gasteiger partial charge in [0.2, 0.25) is 11.1 Å². The van der Waals surface area contributed by atoms with E-state index in [1.165, 1.54) is 16.4 Å². The number of carbonyl (C=O) groups is 1. The molecule has 2 aromatic rings. The zero-order chi connectivity index (χ0) is 16.7. The highest BCUT2D eigenvalue weighted by atomic mass is 32.2. The van der Waals surface area contributed by atoms with Gasteiger partial charge in [-0.15, -0.1) is 10.2 Å². The van der Waals surface area contributed by atoms with Gasteiger partial charge in [0.25, 0.3) is 0 Å². The highest BCUT2D eigenvalue weighted by Gasteiger charge is 2.13. The van der Waals surface area contributed by atoms with E-state index in [0.717, 1.165) is 25.1 Å². The number of nitrogens with one attached hydrogen (secondary N) is 1. The van der Waals surface area contributed by atoms with Crippen LogP contribution in [0.5, 0.6) is 5.75 Å². The summed E-state index contributed by atoms with van der Waals surface area (Å²) in [7, 11) is 1.56. The molecule has 124 valence electrons. The Hall–Kier alpha value is -2.22. The van der Waals surface area contributed by atoms with Gasteiger partial charge in [-0.25, -0.2) is 4.68 Å². The maximum atomic E-state index is 12.1. The molecule has 3 N–H and O–H groups in total. The Kier molecular flexibility index (Phi) is 6.28. The third-order valence-corrected chi connectivity index (χ3v) is 4.15. The Morgan fingerprint density at radius 2 is 2.17 bits per heavy atom. The smallest absolute Gasteiger partial charge is 0.234 e. The fraction of sp³-hybridized carbons (Fsp3) is 0.400. The lowest BCUT2D eigenvalue weighted by molar-refractivity contribution is -0.113. The molecule has 1 aromatic heterocycles. The molecule has 7 nitrogen and oxygen atoms in total. The predicted molar refractivity (Wildman–Crippen MR) is 91.1 cm³/mol. The normalized spacial score (nSPS) is 10.5. The first-order valence-electron chi connectivity index (χ1n) is 7.40. The highest BCUT2D eigenvalue weighted by Crippen LogP contribution is 2.23. The maximum Gasteiger partial charge on any atom is 0.234 e. The molecule has 23 heavy (non-hydrogen) atoms. The molecular formula is C15H21N5O2S. The van der Waals surface area contributed by atoms with Gasteiger partial charge in [-0.3, -0.25) is 4.79 Å². The van der Waals surface area contributed by atoms with Crippen molar-refractivity contribution >= 4 is 23.4 Å². The lowest BCUT2D eigenvalue weighted by atomic mass is 10.2. The molecule has 0 atom stereocenters. The molecule has 0 unspecified atom stereocenters. The number of nitrogens with zero attached hydrogens (tertiary/aromatic N) is 3. The first kappa shape index (κ1) is 17.1. The maximum absolute atomic E-state index is 12.1. The summed E-state index contributed by atoms with van der Waals surface area (Å²) < 4.78 is 6.66. The van der Waals surface area contributed by atoms with Crippen molar-refractivity contribution in [2.45, 2.75) is 31.3 Å². The molecular weight excluding hydrogens is 314 g/mol. The van der Waals surface area contributed by atoms with Crippen molar-refractivity contribution < 1.29 is 9.53 Å². The summed E-state index contributed by atoms with van der Waals surface area (Å²) in [6, 6.07) is 7.26. The molecule has 0 saturated heterocycles. The van der Waals surface area contributed by atoms with Gasteiger partial charge in [0.15, 0.2) is 5.82 Å². The van der Waals surface area contributed by atoms with Gasteiger partial charge in [0.05, 0.1) is 18.6 Å². The van der Waals surface area contributed by atoms with Crippen LogP contribution < -0.4 is 15.9 Å². The number of aromatic nitrogens is 3. The van der Waals surface area contributed by atoms with Crippen LogP contribution in [0.25, 0.3) is 0 Å². The van der Waals surface area contributed by atoms with Crippen LogP contribution in [-0.2, 0) is 11.2 Å². The monoisotopic (exact) mass is 335 g/mol. The Bertz CT molecular complexity index is 659. The number of hydrogen-bond acceptors (Lipinski definition) is 6. The number of hydrogen-bond donors (Lipinski definition) is 2. The number of unbranched alkanes of at least 4 members (excludes halogenated alkanes) is 1. The van der Waals surface area contributed by atoms with Crippen molar-refractivity contribution in [1.82, 2.24) is 14.9 Å². The molecule has 0 radical (unpaired) electrons. The molecule has 2 rings (SSSR count). The second-order valence-electron chi connectivity index (χ2n) is 4.91. The largest absolute Gasteiger partial charge is 0.495 e. The van der Waals surface area contributed by atoms with Crippen LogP contribution in [-0.4, -0.2) is 33.6 Å². The number of nitrogen functional groups attached to an aromatic ring is 1. The fourth-order valence-electron chi connectivity index (χ4n) is 1.98. The van der Waals surface area contributed by atoms with E-state index in [-0.39, 0.29) is 11.7 Å². The number of ether oxygens (including phenoxy) is 1. The van der Waals surface area contributed by atoms with Crippen molar-refractivity contribution in [3.63, 3.8) is 0 Å². The zero-order valence-corrected chi connectivity index (χ0v) is 14.1. The Balaban J connectivity index is 1.90.